The zero-order valence-electron chi connectivity index (χ0n) is 10.1. The molecule has 1 aliphatic rings. The van der Waals surface area contributed by atoms with Gasteiger partial charge in [-0.25, -0.2) is 0 Å². The van der Waals surface area contributed by atoms with Gasteiger partial charge >= 0.3 is 0 Å². The van der Waals surface area contributed by atoms with Gasteiger partial charge in [0.1, 0.15) is 0 Å². The lowest BCUT2D eigenvalue weighted by atomic mass is 10.2. The number of hydrogen-bond donors (Lipinski definition) is 2. The molecule has 1 aromatic rings. The molecule has 94 valence electrons. The number of benzene rings is 1. The molecular formula is C13H19NO2S. The highest BCUT2D eigenvalue weighted by molar-refractivity contribution is 7.85. The molecule has 2 N–H and O–H groups in total. The number of nitrogens with one attached hydrogen (secondary N) is 1. The standard InChI is InChI=1S/C13H19NO2S/c1-10-3-2-4-13(7-10)17(16)9-12(15)8-14-11-5-6-11/h2-4,7,11-12,14-15H,5-6,8-9H2,1H3. The van der Waals surface area contributed by atoms with Crippen LogP contribution in [0.3, 0.4) is 0 Å². The van der Waals surface area contributed by atoms with Crippen LogP contribution < -0.4 is 5.32 Å². The lowest BCUT2D eigenvalue weighted by molar-refractivity contribution is 0.194. The van der Waals surface area contributed by atoms with Crippen LogP contribution in [0.25, 0.3) is 0 Å². The summed E-state index contributed by atoms with van der Waals surface area (Å²) in [5.41, 5.74) is 1.10. The van der Waals surface area contributed by atoms with Gasteiger partial charge in [-0.05, 0) is 37.5 Å². The van der Waals surface area contributed by atoms with Crippen molar-refractivity contribution in [3.8, 4) is 0 Å². The Bertz CT molecular complexity index is 404. The zero-order chi connectivity index (χ0) is 12.3. The molecule has 1 aromatic carbocycles. The van der Waals surface area contributed by atoms with E-state index in [0.717, 1.165) is 10.5 Å². The molecule has 0 heterocycles. The number of aliphatic hydroxyl groups is 1. The first-order valence-electron chi connectivity index (χ1n) is 6.01. The van der Waals surface area contributed by atoms with Crippen molar-refractivity contribution in [2.45, 2.75) is 36.8 Å². The van der Waals surface area contributed by atoms with Crippen molar-refractivity contribution >= 4 is 10.8 Å². The zero-order valence-corrected chi connectivity index (χ0v) is 10.9. The molecule has 2 atom stereocenters. The fourth-order valence-corrected chi connectivity index (χ4v) is 2.88. The lowest BCUT2D eigenvalue weighted by Crippen LogP contribution is -2.32. The van der Waals surface area contributed by atoms with E-state index in [1.807, 2.05) is 31.2 Å². The first-order chi connectivity index (χ1) is 8.15. The van der Waals surface area contributed by atoms with Gasteiger partial charge in [0.25, 0.3) is 0 Å². The van der Waals surface area contributed by atoms with E-state index in [9.17, 15) is 9.32 Å². The molecule has 1 fully saturated rings. The van der Waals surface area contributed by atoms with Crippen molar-refractivity contribution in [1.29, 1.82) is 0 Å². The van der Waals surface area contributed by atoms with Gasteiger partial charge in [0.15, 0.2) is 0 Å². The van der Waals surface area contributed by atoms with Gasteiger partial charge in [-0.2, -0.15) is 0 Å². The van der Waals surface area contributed by atoms with E-state index in [-0.39, 0.29) is 0 Å². The molecule has 1 aliphatic carbocycles. The van der Waals surface area contributed by atoms with Crippen molar-refractivity contribution in [3.05, 3.63) is 29.8 Å². The Morgan fingerprint density at radius 2 is 2.29 bits per heavy atom. The van der Waals surface area contributed by atoms with Crippen molar-refractivity contribution < 1.29 is 9.32 Å². The van der Waals surface area contributed by atoms with Gasteiger partial charge in [0, 0.05) is 17.5 Å². The summed E-state index contributed by atoms with van der Waals surface area (Å²) in [5.74, 6) is 0.309. The van der Waals surface area contributed by atoms with Gasteiger partial charge in [0.2, 0.25) is 0 Å². The predicted molar refractivity (Wildman–Crippen MR) is 69.5 cm³/mol. The van der Waals surface area contributed by atoms with Crippen LogP contribution in [0.4, 0.5) is 0 Å². The van der Waals surface area contributed by atoms with Gasteiger partial charge in [-0.1, -0.05) is 12.1 Å². The highest BCUT2D eigenvalue weighted by Gasteiger charge is 2.21. The van der Waals surface area contributed by atoms with E-state index in [0.29, 0.717) is 18.3 Å². The second kappa shape index (κ2) is 5.76. The second-order valence-corrected chi connectivity index (χ2v) is 6.16. The molecule has 0 aliphatic heterocycles. The number of hydrogen-bond acceptors (Lipinski definition) is 3. The smallest absolute Gasteiger partial charge is 0.0783 e. The fraction of sp³-hybridized carbons (Fsp3) is 0.538. The van der Waals surface area contributed by atoms with Crippen molar-refractivity contribution in [3.63, 3.8) is 0 Å². The average molecular weight is 253 g/mol. The monoisotopic (exact) mass is 253 g/mol. The van der Waals surface area contributed by atoms with Gasteiger partial charge in [-0.3, -0.25) is 4.21 Å². The Hall–Kier alpha value is -0.710. The van der Waals surface area contributed by atoms with Crippen LogP contribution in [0.15, 0.2) is 29.2 Å². The summed E-state index contributed by atoms with van der Waals surface area (Å²) in [6.07, 6.45) is 1.87. The maximum Gasteiger partial charge on any atom is 0.0783 e. The Kier molecular flexibility index (Phi) is 4.31. The molecule has 0 spiro atoms. The molecular weight excluding hydrogens is 234 g/mol. The van der Waals surface area contributed by atoms with Crippen LogP contribution in [0.5, 0.6) is 0 Å². The summed E-state index contributed by atoms with van der Waals surface area (Å²) in [6.45, 7) is 2.52. The van der Waals surface area contributed by atoms with E-state index >= 15 is 0 Å². The molecule has 0 radical (unpaired) electrons. The molecule has 1 saturated carbocycles. The normalized spacial score (nSPS) is 18.9. The van der Waals surface area contributed by atoms with E-state index < -0.39 is 16.9 Å². The second-order valence-electron chi connectivity index (χ2n) is 4.67. The molecule has 4 heteroatoms. The fourth-order valence-electron chi connectivity index (χ4n) is 1.68. The van der Waals surface area contributed by atoms with Gasteiger partial charge < -0.3 is 10.4 Å². The quantitative estimate of drug-likeness (QED) is 0.801. The minimum atomic E-state index is -1.11. The van der Waals surface area contributed by atoms with Crippen LogP contribution in [0.2, 0.25) is 0 Å². The van der Waals surface area contributed by atoms with Crippen molar-refractivity contribution in [1.82, 2.24) is 5.32 Å². The largest absolute Gasteiger partial charge is 0.391 e. The number of aliphatic hydroxyl groups excluding tert-OH is 1. The summed E-state index contributed by atoms with van der Waals surface area (Å²) < 4.78 is 12.0. The van der Waals surface area contributed by atoms with E-state index in [1.165, 1.54) is 12.8 Å². The van der Waals surface area contributed by atoms with Crippen LogP contribution in [-0.2, 0) is 10.8 Å². The lowest BCUT2D eigenvalue weighted by Gasteiger charge is -2.11. The first-order valence-corrected chi connectivity index (χ1v) is 7.33. The van der Waals surface area contributed by atoms with Crippen molar-refractivity contribution in [2.75, 3.05) is 12.3 Å². The summed E-state index contributed by atoms with van der Waals surface area (Å²) in [5, 5.41) is 13.0. The predicted octanol–water partition coefficient (Wildman–Crippen LogP) is 1.22. The minimum Gasteiger partial charge on any atom is -0.391 e. The van der Waals surface area contributed by atoms with E-state index in [2.05, 4.69) is 5.32 Å². The Morgan fingerprint density at radius 3 is 2.94 bits per heavy atom. The van der Waals surface area contributed by atoms with Crippen molar-refractivity contribution in [2.24, 2.45) is 0 Å². The van der Waals surface area contributed by atoms with Gasteiger partial charge in [-0.15, -0.1) is 0 Å². The summed E-state index contributed by atoms with van der Waals surface area (Å²) in [7, 11) is -1.11. The maximum absolute atomic E-state index is 12.0. The summed E-state index contributed by atoms with van der Waals surface area (Å²) in [6, 6.07) is 8.22. The minimum absolute atomic E-state index is 0.309. The number of rotatable bonds is 6. The topological polar surface area (TPSA) is 49.3 Å². The molecule has 2 unspecified atom stereocenters. The van der Waals surface area contributed by atoms with Crippen LogP contribution in [0, 0.1) is 6.92 Å². The third-order valence-corrected chi connectivity index (χ3v) is 4.28. The molecule has 2 rings (SSSR count). The van der Waals surface area contributed by atoms with Crippen LogP contribution in [0.1, 0.15) is 18.4 Å². The first kappa shape index (κ1) is 12.7. The highest BCUT2D eigenvalue weighted by Crippen LogP contribution is 2.18. The molecule has 3 nitrogen and oxygen atoms in total. The Labute approximate surface area is 105 Å². The van der Waals surface area contributed by atoms with E-state index in [4.69, 9.17) is 0 Å². The van der Waals surface area contributed by atoms with E-state index in [1.54, 1.807) is 0 Å². The Balaban J connectivity index is 1.82. The summed E-state index contributed by atoms with van der Waals surface area (Å²) >= 11 is 0. The molecule has 0 bridgehead atoms. The third kappa shape index (κ3) is 4.22. The number of aryl methyl sites for hydroxylation is 1. The third-order valence-electron chi connectivity index (χ3n) is 2.82. The maximum atomic E-state index is 12.0. The summed E-state index contributed by atoms with van der Waals surface area (Å²) in [4.78, 5) is 0.801. The average Bonchev–Trinajstić information content (AvgIpc) is 3.10. The molecule has 17 heavy (non-hydrogen) atoms. The van der Waals surface area contributed by atoms with Crippen LogP contribution >= 0.6 is 0 Å². The van der Waals surface area contributed by atoms with Gasteiger partial charge in [0.05, 0.1) is 22.7 Å². The SMILES string of the molecule is Cc1cccc(S(=O)CC(O)CNC2CC2)c1. The highest BCUT2D eigenvalue weighted by atomic mass is 32.2. The Morgan fingerprint density at radius 1 is 1.53 bits per heavy atom. The molecule has 0 amide bonds. The molecule has 0 saturated heterocycles. The molecule has 0 aromatic heterocycles. The van der Waals surface area contributed by atoms with Crippen LogP contribution in [-0.4, -0.2) is 33.8 Å².